The van der Waals surface area contributed by atoms with Gasteiger partial charge in [-0.3, -0.25) is 9.69 Å². The van der Waals surface area contributed by atoms with E-state index in [9.17, 15) is 25.2 Å². The average molecular weight is 323 g/mol. The first-order valence-corrected chi connectivity index (χ1v) is 7.30. The minimum absolute atomic E-state index is 0.0552. The van der Waals surface area contributed by atoms with E-state index in [4.69, 9.17) is 14.6 Å². The lowest BCUT2D eigenvalue weighted by Gasteiger charge is -2.46. The van der Waals surface area contributed by atoms with Crippen molar-refractivity contribution in [1.29, 1.82) is 0 Å². The molecule has 0 aliphatic carbocycles. The van der Waals surface area contributed by atoms with Crippen LogP contribution in [0.1, 0.15) is 26.7 Å². The van der Waals surface area contributed by atoms with Crippen LogP contribution in [-0.2, 0) is 14.3 Å². The van der Waals surface area contributed by atoms with Gasteiger partial charge in [-0.15, -0.1) is 0 Å². The van der Waals surface area contributed by atoms with Crippen LogP contribution >= 0.6 is 0 Å². The molecule has 1 amide bonds. The highest BCUT2D eigenvalue weighted by atomic mass is 16.6. The highest BCUT2D eigenvalue weighted by molar-refractivity contribution is 5.76. The van der Waals surface area contributed by atoms with Gasteiger partial charge in [0, 0.05) is 13.0 Å². The smallest absolute Gasteiger partial charge is 0.240 e. The van der Waals surface area contributed by atoms with Crippen molar-refractivity contribution in [2.24, 2.45) is 0 Å². The van der Waals surface area contributed by atoms with Crippen LogP contribution in [0.15, 0.2) is 0 Å². The molecule has 130 valence electrons. The Labute approximate surface area is 128 Å². The van der Waals surface area contributed by atoms with E-state index in [1.54, 1.807) is 13.8 Å². The highest BCUT2D eigenvalue weighted by Gasteiger charge is 2.49. The van der Waals surface area contributed by atoms with Gasteiger partial charge in [0.15, 0.2) is 6.29 Å². The molecule has 0 bridgehead atoms. The minimum Gasteiger partial charge on any atom is -0.394 e. The molecular weight excluding hydrogens is 298 g/mol. The van der Waals surface area contributed by atoms with Crippen molar-refractivity contribution in [3.63, 3.8) is 0 Å². The number of carbonyl (C=O) groups is 1. The van der Waals surface area contributed by atoms with Crippen LogP contribution in [0.5, 0.6) is 0 Å². The molecular formula is C13H25NO8. The standard InChI is InChI=1S/C13H25NO8/c1-3-5-8(16)14(13(20)21-4-2)9-11(18)10(17)7(6-15)22-12(9)19/h7,9-13,15,17-20H,3-6H2,1-2H3/t7-,9-,10-,11-,12?,13?/m1/s1. The Morgan fingerprint density at radius 3 is 2.41 bits per heavy atom. The van der Waals surface area contributed by atoms with Crippen LogP contribution in [0.3, 0.4) is 0 Å². The quantitative estimate of drug-likeness (QED) is 0.330. The van der Waals surface area contributed by atoms with Crippen LogP contribution in [0, 0.1) is 0 Å². The lowest BCUT2D eigenvalue weighted by molar-refractivity contribution is -0.300. The molecule has 2 unspecified atom stereocenters. The van der Waals surface area contributed by atoms with Gasteiger partial charge in [0.25, 0.3) is 0 Å². The fourth-order valence-electron chi connectivity index (χ4n) is 2.39. The van der Waals surface area contributed by atoms with Gasteiger partial charge in [0.1, 0.15) is 24.4 Å². The molecule has 5 N–H and O–H groups in total. The van der Waals surface area contributed by atoms with E-state index in [0.29, 0.717) is 6.42 Å². The molecule has 1 saturated heterocycles. The molecule has 1 heterocycles. The van der Waals surface area contributed by atoms with Crippen LogP contribution < -0.4 is 0 Å². The molecule has 1 fully saturated rings. The predicted molar refractivity (Wildman–Crippen MR) is 73.2 cm³/mol. The van der Waals surface area contributed by atoms with Gasteiger partial charge in [-0.25, -0.2) is 0 Å². The first-order valence-electron chi connectivity index (χ1n) is 7.30. The molecule has 9 heteroatoms. The normalized spacial score (nSPS) is 33.5. The van der Waals surface area contributed by atoms with Crippen LogP contribution in [0.4, 0.5) is 0 Å². The Balaban J connectivity index is 3.03. The number of ether oxygens (including phenoxy) is 2. The monoisotopic (exact) mass is 323 g/mol. The molecule has 1 aliphatic rings. The number of rotatable bonds is 7. The van der Waals surface area contributed by atoms with Gasteiger partial charge in [-0.05, 0) is 13.3 Å². The summed E-state index contributed by atoms with van der Waals surface area (Å²) in [6.45, 7) is 2.84. The van der Waals surface area contributed by atoms with Crippen molar-refractivity contribution in [2.75, 3.05) is 13.2 Å². The van der Waals surface area contributed by atoms with Gasteiger partial charge in [0.2, 0.25) is 12.3 Å². The van der Waals surface area contributed by atoms with E-state index in [1.807, 2.05) is 0 Å². The molecule has 22 heavy (non-hydrogen) atoms. The summed E-state index contributed by atoms with van der Waals surface area (Å²) in [6.07, 6.45) is -7.17. The van der Waals surface area contributed by atoms with Gasteiger partial charge in [-0.2, -0.15) is 0 Å². The number of aliphatic hydroxyl groups excluding tert-OH is 5. The molecule has 0 aromatic carbocycles. The third kappa shape index (κ3) is 4.13. The summed E-state index contributed by atoms with van der Waals surface area (Å²) in [5, 5.41) is 49.1. The molecule has 0 aromatic rings. The maximum atomic E-state index is 12.2. The van der Waals surface area contributed by atoms with E-state index in [-0.39, 0.29) is 13.0 Å². The van der Waals surface area contributed by atoms with E-state index in [2.05, 4.69) is 0 Å². The SMILES string of the molecule is CCCC(=O)N(C(O)OCC)[C@H]1C(O)O[C@H](CO)[C@@H](O)[C@@H]1O. The zero-order valence-electron chi connectivity index (χ0n) is 12.7. The lowest BCUT2D eigenvalue weighted by atomic mass is 9.95. The Morgan fingerprint density at radius 1 is 1.27 bits per heavy atom. The number of nitrogens with zero attached hydrogens (tertiary/aromatic N) is 1. The van der Waals surface area contributed by atoms with Gasteiger partial charge >= 0.3 is 0 Å². The van der Waals surface area contributed by atoms with Gasteiger partial charge < -0.3 is 35.0 Å². The summed E-state index contributed by atoms with van der Waals surface area (Å²) in [5.41, 5.74) is 0. The van der Waals surface area contributed by atoms with E-state index in [0.717, 1.165) is 4.90 Å². The second kappa shape index (κ2) is 8.73. The largest absolute Gasteiger partial charge is 0.394 e. The molecule has 0 aromatic heterocycles. The zero-order chi connectivity index (χ0) is 16.9. The first kappa shape index (κ1) is 19.2. The van der Waals surface area contributed by atoms with Crippen molar-refractivity contribution in [2.45, 2.75) is 63.7 Å². The Bertz CT molecular complexity index is 355. The summed E-state index contributed by atoms with van der Waals surface area (Å²) >= 11 is 0. The molecule has 0 spiro atoms. The molecule has 6 atom stereocenters. The maximum absolute atomic E-state index is 12.2. The Hall–Kier alpha value is -0.810. The number of amides is 1. The number of hydrogen-bond acceptors (Lipinski definition) is 8. The second-order valence-corrected chi connectivity index (χ2v) is 5.05. The topological polar surface area (TPSA) is 140 Å². The number of carbonyl (C=O) groups excluding carboxylic acids is 1. The summed E-state index contributed by atoms with van der Waals surface area (Å²) in [7, 11) is 0. The predicted octanol–water partition coefficient (Wildman–Crippen LogP) is -2.27. The average Bonchev–Trinajstić information content (AvgIpc) is 2.47. The first-order chi connectivity index (χ1) is 10.4. The lowest BCUT2D eigenvalue weighted by Crippen LogP contribution is -2.67. The third-order valence-electron chi connectivity index (χ3n) is 3.49. The van der Waals surface area contributed by atoms with Crippen LogP contribution in [-0.4, -0.2) is 86.6 Å². The van der Waals surface area contributed by atoms with Crippen molar-refractivity contribution >= 4 is 5.91 Å². The Morgan fingerprint density at radius 2 is 1.91 bits per heavy atom. The van der Waals surface area contributed by atoms with E-state index >= 15 is 0 Å². The fourth-order valence-corrected chi connectivity index (χ4v) is 2.39. The summed E-state index contributed by atoms with van der Waals surface area (Å²) in [5.74, 6) is -0.565. The van der Waals surface area contributed by atoms with Gasteiger partial charge in [0.05, 0.1) is 6.61 Å². The summed E-state index contributed by atoms with van der Waals surface area (Å²) in [6, 6.07) is -1.42. The molecule has 9 nitrogen and oxygen atoms in total. The highest BCUT2D eigenvalue weighted by Crippen LogP contribution is 2.26. The fraction of sp³-hybridized carbons (Fsp3) is 0.923. The maximum Gasteiger partial charge on any atom is 0.240 e. The van der Waals surface area contributed by atoms with Gasteiger partial charge in [-0.1, -0.05) is 6.92 Å². The minimum atomic E-state index is -1.69. The number of hydrogen-bond donors (Lipinski definition) is 5. The zero-order valence-corrected chi connectivity index (χ0v) is 12.7. The summed E-state index contributed by atoms with van der Waals surface area (Å²) < 4.78 is 9.96. The van der Waals surface area contributed by atoms with Crippen molar-refractivity contribution in [1.82, 2.24) is 4.90 Å². The molecule has 1 rings (SSSR count). The van der Waals surface area contributed by atoms with Crippen LogP contribution in [0.2, 0.25) is 0 Å². The van der Waals surface area contributed by atoms with Crippen molar-refractivity contribution in [3.8, 4) is 0 Å². The molecule has 0 radical (unpaired) electrons. The van der Waals surface area contributed by atoms with Crippen molar-refractivity contribution < 1.29 is 39.8 Å². The van der Waals surface area contributed by atoms with E-state index in [1.165, 1.54) is 0 Å². The Kier molecular flexibility index (Phi) is 7.63. The molecule has 1 aliphatic heterocycles. The molecule has 0 saturated carbocycles. The van der Waals surface area contributed by atoms with E-state index < -0.39 is 49.6 Å². The van der Waals surface area contributed by atoms with Crippen molar-refractivity contribution in [3.05, 3.63) is 0 Å². The number of aliphatic hydroxyl groups is 5. The second-order valence-electron chi connectivity index (χ2n) is 5.05. The third-order valence-corrected chi connectivity index (χ3v) is 3.49. The van der Waals surface area contributed by atoms with Crippen LogP contribution in [0.25, 0.3) is 0 Å². The summed E-state index contributed by atoms with van der Waals surface area (Å²) in [4.78, 5) is 12.9.